The van der Waals surface area contributed by atoms with Crippen molar-refractivity contribution in [2.45, 2.75) is 26.4 Å². The third-order valence-corrected chi connectivity index (χ3v) is 4.66. The van der Waals surface area contributed by atoms with Crippen molar-refractivity contribution in [3.63, 3.8) is 0 Å². The minimum atomic E-state index is -0.270. The fraction of sp³-hybridized carbons (Fsp3) is 0.318. The monoisotopic (exact) mass is 395 g/mol. The highest BCUT2D eigenvalue weighted by Crippen LogP contribution is 2.16. The van der Waals surface area contributed by atoms with E-state index < -0.39 is 0 Å². The average Bonchev–Trinajstić information content (AvgIpc) is 3.16. The molecule has 0 fully saturated rings. The largest absolute Gasteiger partial charge is 0.487 e. The van der Waals surface area contributed by atoms with E-state index in [1.54, 1.807) is 36.2 Å². The van der Waals surface area contributed by atoms with Gasteiger partial charge in [0.1, 0.15) is 18.0 Å². The Hall–Kier alpha value is -3.35. The highest BCUT2D eigenvalue weighted by Gasteiger charge is 2.12. The van der Waals surface area contributed by atoms with Crippen LogP contribution in [0.15, 0.2) is 48.8 Å². The summed E-state index contributed by atoms with van der Waals surface area (Å²) in [5.41, 5.74) is 3.44. The molecule has 1 aromatic carbocycles. The predicted octanol–water partition coefficient (Wildman–Crippen LogP) is 3.25. The number of methoxy groups -OCH3 is 1. The highest BCUT2D eigenvalue weighted by atomic mass is 16.5. The molecule has 3 rings (SSSR count). The number of rotatable bonds is 8. The Morgan fingerprint density at radius 3 is 2.62 bits per heavy atom. The molecule has 1 amide bonds. The van der Waals surface area contributed by atoms with Crippen LogP contribution in [0, 0.1) is 6.92 Å². The quantitative estimate of drug-likeness (QED) is 0.548. The minimum absolute atomic E-state index is 0.0998. The molecule has 0 saturated carbocycles. The molecule has 2 aromatic heterocycles. The van der Waals surface area contributed by atoms with E-state index in [9.17, 15) is 9.59 Å². The second-order valence-electron chi connectivity index (χ2n) is 6.87. The number of carbonyl (C=O) groups excluding carboxylic acids is 2. The summed E-state index contributed by atoms with van der Waals surface area (Å²) in [7, 11) is 3.08. The first-order valence-electron chi connectivity index (χ1n) is 9.46. The van der Waals surface area contributed by atoms with Crippen molar-refractivity contribution in [3.8, 4) is 5.75 Å². The highest BCUT2D eigenvalue weighted by molar-refractivity contribution is 5.94. The molecule has 0 atom stereocenters. The summed E-state index contributed by atoms with van der Waals surface area (Å²) in [5, 5.41) is 0. The minimum Gasteiger partial charge on any atom is -0.487 e. The van der Waals surface area contributed by atoms with Gasteiger partial charge in [0, 0.05) is 38.0 Å². The molecule has 29 heavy (non-hydrogen) atoms. The topological polar surface area (TPSA) is 73.1 Å². The van der Waals surface area contributed by atoms with Gasteiger partial charge < -0.3 is 18.8 Å². The third kappa shape index (κ3) is 5.13. The number of hydrogen-bond acceptors (Lipinski definition) is 5. The Morgan fingerprint density at radius 2 is 1.93 bits per heavy atom. The first-order valence-corrected chi connectivity index (χ1v) is 9.46. The number of benzene rings is 1. The third-order valence-electron chi connectivity index (χ3n) is 4.66. The van der Waals surface area contributed by atoms with Gasteiger partial charge in [0.2, 0.25) is 0 Å². The Bertz CT molecular complexity index is 995. The van der Waals surface area contributed by atoms with E-state index in [2.05, 4.69) is 9.72 Å². The van der Waals surface area contributed by atoms with Gasteiger partial charge in [-0.25, -0.2) is 4.98 Å². The number of aryl methyl sites for hydroxylation is 1. The van der Waals surface area contributed by atoms with Gasteiger partial charge in [-0.15, -0.1) is 0 Å². The summed E-state index contributed by atoms with van der Waals surface area (Å²) >= 11 is 0. The van der Waals surface area contributed by atoms with Crippen molar-refractivity contribution < 1.29 is 19.1 Å². The summed E-state index contributed by atoms with van der Waals surface area (Å²) in [6.45, 7) is 2.86. The van der Waals surface area contributed by atoms with E-state index in [0.717, 1.165) is 16.9 Å². The van der Waals surface area contributed by atoms with E-state index in [1.165, 1.54) is 7.11 Å². The molecule has 0 aliphatic heterocycles. The van der Waals surface area contributed by atoms with Crippen LogP contribution in [0.4, 0.5) is 0 Å². The molecule has 7 nitrogen and oxygen atoms in total. The van der Waals surface area contributed by atoms with Crippen molar-refractivity contribution in [1.82, 2.24) is 14.3 Å². The second kappa shape index (κ2) is 9.23. The lowest BCUT2D eigenvalue weighted by molar-refractivity contribution is -0.140. The number of ether oxygens (including phenoxy) is 2. The number of nitrogens with zero attached hydrogens (tertiary/aromatic N) is 3. The lowest BCUT2D eigenvalue weighted by atomic mass is 10.2. The average molecular weight is 395 g/mol. The van der Waals surface area contributed by atoms with E-state index in [1.807, 2.05) is 35.9 Å². The molecule has 0 aliphatic rings. The number of hydrogen-bond donors (Lipinski definition) is 0. The molecular weight excluding hydrogens is 370 g/mol. The molecule has 0 spiro atoms. The fourth-order valence-electron chi connectivity index (χ4n) is 3.01. The van der Waals surface area contributed by atoms with Crippen LogP contribution in [-0.2, 0) is 16.1 Å². The maximum Gasteiger partial charge on any atom is 0.305 e. The SMILES string of the molecule is COC(=O)CCCN(C)C(=O)c1ccc(OCc2cn3cccc(C)c3n2)cc1. The summed E-state index contributed by atoms with van der Waals surface area (Å²) in [5.74, 6) is 0.300. The van der Waals surface area contributed by atoms with E-state index in [-0.39, 0.29) is 11.9 Å². The van der Waals surface area contributed by atoms with Crippen LogP contribution in [0.25, 0.3) is 5.65 Å². The first kappa shape index (κ1) is 20.4. The van der Waals surface area contributed by atoms with Crippen LogP contribution >= 0.6 is 0 Å². The number of imidazole rings is 1. The van der Waals surface area contributed by atoms with Gasteiger partial charge in [-0.05, 0) is 49.2 Å². The number of fused-ring (bicyclic) bond motifs is 1. The van der Waals surface area contributed by atoms with E-state index in [0.29, 0.717) is 37.3 Å². The molecular formula is C22H25N3O4. The predicted molar refractivity (Wildman–Crippen MR) is 109 cm³/mol. The Labute approximate surface area is 169 Å². The number of amides is 1. The van der Waals surface area contributed by atoms with Crippen molar-refractivity contribution in [3.05, 3.63) is 65.6 Å². The van der Waals surface area contributed by atoms with E-state index >= 15 is 0 Å². The second-order valence-corrected chi connectivity index (χ2v) is 6.87. The summed E-state index contributed by atoms with van der Waals surface area (Å²) in [6.07, 6.45) is 4.77. The van der Waals surface area contributed by atoms with Crippen LogP contribution in [0.3, 0.4) is 0 Å². The van der Waals surface area contributed by atoms with Crippen LogP contribution < -0.4 is 4.74 Å². The van der Waals surface area contributed by atoms with Crippen LogP contribution in [-0.4, -0.2) is 46.9 Å². The number of carbonyl (C=O) groups is 2. The first-order chi connectivity index (χ1) is 14.0. The number of pyridine rings is 1. The molecule has 0 unspecified atom stereocenters. The zero-order valence-corrected chi connectivity index (χ0v) is 16.9. The van der Waals surface area contributed by atoms with Crippen molar-refractivity contribution in [1.29, 1.82) is 0 Å². The zero-order valence-electron chi connectivity index (χ0n) is 16.9. The summed E-state index contributed by atoms with van der Waals surface area (Å²) in [4.78, 5) is 29.8. The van der Waals surface area contributed by atoms with Crippen molar-refractivity contribution in [2.75, 3.05) is 20.7 Å². The molecule has 152 valence electrons. The summed E-state index contributed by atoms with van der Waals surface area (Å²) < 4.78 is 12.4. The van der Waals surface area contributed by atoms with Gasteiger partial charge in [-0.1, -0.05) is 6.07 Å². The molecule has 7 heteroatoms. The number of esters is 1. The Kier molecular flexibility index (Phi) is 6.49. The molecule has 0 saturated heterocycles. The van der Waals surface area contributed by atoms with Gasteiger partial charge in [-0.3, -0.25) is 9.59 Å². The standard InChI is InChI=1S/C22H25N3O4/c1-16-6-4-13-25-14-18(23-21(16)25)15-29-19-10-8-17(9-11-19)22(27)24(2)12-5-7-20(26)28-3/h4,6,8-11,13-14H,5,7,12,15H2,1-3H3. The molecule has 0 radical (unpaired) electrons. The van der Waals surface area contributed by atoms with Crippen LogP contribution in [0.5, 0.6) is 5.75 Å². The molecule has 0 bridgehead atoms. The zero-order chi connectivity index (χ0) is 20.8. The molecule has 0 N–H and O–H groups in total. The van der Waals surface area contributed by atoms with Gasteiger partial charge in [-0.2, -0.15) is 0 Å². The van der Waals surface area contributed by atoms with Crippen molar-refractivity contribution in [2.24, 2.45) is 0 Å². The lowest BCUT2D eigenvalue weighted by Crippen LogP contribution is -2.28. The smallest absolute Gasteiger partial charge is 0.305 e. The van der Waals surface area contributed by atoms with Gasteiger partial charge in [0.25, 0.3) is 5.91 Å². The lowest BCUT2D eigenvalue weighted by Gasteiger charge is -2.17. The maximum atomic E-state index is 12.5. The van der Waals surface area contributed by atoms with Crippen LogP contribution in [0.1, 0.15) is 34.5 Å². The molecule has 2 heterocycles. The fourth-order valence-corrected chi connectivity index (χ4v) is 3.01. The van der Waals surface area contributed by atoms with Gasteiger partial charge >= 0.3 is 5.97 Å². The maximum absolute atomic E-state index is 12.5. The van der Waals surface area contributed by atoms with Gasteiger partial charge in [0.05, 0.1) is 12.8 Å². The molecule has 3 aromatic rings. The van der Waals surface area contributed by atoms with Crippen LogP contribution in [0.2, 0.25) is 0 Å². The Balaban J connectivity index is 1.54. The normalized spacial score (nSPS) is 10.7. The van der Waals surface area contributed by atoms with E-state index in [4.69, 9.17) is 4.74 Å². The van der Waals surface area contributed by atoms with Gasteiger partial charge in [0.15, 0.2) is 0 Å². The molecule has 0 aliphatic carbocycles. The Morgan fingerprint density at radius 1 is 1.17 bits per heavy atom. The van der Waals surface area contributed by atoms with Crippen molar-refractivity contribution >= 4 is 17.5 Å². The summed E-state index contributed by atoms with van der Waals surface area (Å²) in [6, 6.07) is 11.0. The number of aromatic nitrogens is 2.